The number of aromatic nitrogens is 1. The van der Waals surface area contributed by atoms with Crippen LogP contribution < -0.4 is 0 Å². The molecule has 1 aliphatic rings. The third kappa shape index (κ3) is 2.42. The van der Waals surface area contributed by atoms with Gasteiger partial charge in [-0.1, -0.05) is 11.6 Å². The Morgan fingerprint density at radius 3 is 2.86 bits per heavy atom. The lowest BCUT2D eigenvalue weighted by atomic mass is 10.0. The zero-order valence-corrected chi connectivity index (χ0v) is 12.1. The van der Waals surface area contributed by atoms with Crippen LogP contribution in [-0.2, 0) is 11.2 Å². The smallest absolute Gasteiger partial charge is 0.312 e. The van der Waals surface area contributed by atoms with Crippen molar-refractivity contribution in [2.45, 2.75) is 18.8 Å². The predicted molar refractivity (Wildman–Crippen MR) is 80.0 cm³/mol. The molecule has 0 bridgehead atoms. The van der Waals surface area contributed by atoms with Crippen molar-refractivity contribution in [3.8, 4) is 11.1 Å². The lowest BCUT2D eigenvalue weighted by molar-refractivity contribution is -0.384. The van der Waals surface area contributed by atoms with Crippen molar-refractivity contribution in [3.63, 3.8) is 0 Å². The van der Waals surface area contributed by atoms with Gasteiger partial charge in [0, 0.05) is 22.8 Å². The van der Waals surface area contributed by atoms with Crippen LogP contribution in [0.15, 0.2) is 30.5 Å². The zero-order valence-electron chi connectivity index (χ0n) is 11.3. The molecule has 1 heterocycles. The Balaban J connectivity index is 2.10. The number of carboxylic acid groups (broad SMARTS) is 1. The van der Waals surface area contributed by atoms with Crippen molar-refractivity contribution in [1.82, 2.24) is 4.98 Å². The van der Waals surface area contributed by atoms with E-state index >= 15 is 0 Å². The lowest BCUT2D eigenvalue weighted by Crippen LogP contribution is -2.09. The Kier molecular flexibility index (Phi) is 3.54. The highest BCUT2D eigenvalue weighted by atomic mass is 35.5. The number of halogens is 1. The zero-order chi connectivity index (χ0) is 15.9. The van der Waals surface area contributed by atoms with Crippen LogP contribution in [0.4, 0.5) is 5.69 Å². The summed E-state index contributed by atoms with van der Waals surface area (Å²) in [5, 5.41) is 20.7. The number of rotatable bonds is 3. The van der Waals surface area contributed by atoms with E-state index in [1.807, 2.05) is 0 Å². The highest BCUT2D eigenvalue weighted by Gasteiger charge is 2.30. The number of carbonyl (C=O) groups is 1. The second-order valence-electron chi connectivity index (χ2n) is 5.12. The van der Waals surface area contributed by atoms with Crippen molar-refractivity contribution < 1.29 is 14.8 Å². The van der Waals surface area contributed by atoms with Crippen LogP contribution in [0.5, 0.6) is 0 Å². The first-order valence-electron chi connectivity index (χ1n) is 6.63. The molecule has 2 aromatic rings. The number of hydrogen-bond donors (Lipinski definition) is 1. The number of benzene rings is 1. The molecule has 0 fully saturated rings. The van der Waals surface area contributed by atoms with Crippen LogP contribution in [0, 0.1) is 10.1 Å². The van der Waals surface area contributed by atoms with Gasteiger partial charge < -0.3 is 5.11 Å². The number of nitro groups is 1. The third-order valence-electron chi connectivity index (χ3n) is 3.80. The number of pyridine rings is 1. The summed E-state index contributed by atoms with van der Waals surface area (Å²) in [7, 11) is 0. The largest absolute Gasteiger partial charge is 0.481 e. The van der Waals surface area contributed by atoms with Gasteiger partial charge in [0.15, 0.2) is 0 Å². The molecule has 0 saturated carbocycles. The molecular weight excluding hydrogens is 308 g/mol. The molecule has 1 aromatic carbocycles. The van der Waals surface area contributed by atoms with Gasteiger partial charge >= 0.3 is 5.97 Å². The van der Waals surface area contributed by atoms with Gasteiger partial charge in [-0.15, -0.1) is 0 Å². The van der Waals surface area contributed by atoms with Crippen LogP contribution in [0.2, 0.25) is 5.02 Å². The lowest BCUT2D eigenvalue weighted by Gasteiger charge is -2.08. The second kappa shape index (κ2) is 5.38. The van der Waals surface area contributed by atoms with E-state index in [1.165, 1.54) is 24.4 Å². The van der Waals surface area contributed by atoms with E-state index in [0.29, 0.717) is 34.7 Å². The van der Waals surface area contributed by atoms with Crippen molar-refractivity contribution in [2.24, 2.45) is 0 Å². The molecule has 1 N–H and O–H groups in total. The minimum atomic E-state index is -0.896. The fraction of sp³-hybridized carbons (Fsp3) is 0.200. The summed E-state index contributed by atoms with van der Waals surface area (Å²) in [6, 6.07) is 6.10. The Hall–Kier alpha value is -2.47. The molecule has 112 valence electrons. The van der Waals surface area contributed by atoms with Gasteiger partial charge in [-0.25, -0.2) is 0 Å². The van der Waals surface area contributed by atoms with Crippen LogP contribution in [0.25, 0.3) is 11.1 Å². The monoisotopic (exact) mass is 318 g/mol. The molecule has 7 heteroatoms. The number of fused-ring (bicyclic) bond motifs is 1. The van der Waals surface area contributed by atoms with E-state index in [1.54, 1.807) is 6.07 Å². The average Bonchev–Trinajstić information content (AvgIpc) is 2.89. The topological polar surface area (TPSA) is 93.3 Å². The first kappa shape index (κ1) is 14.5. The maximum atomic E-state index is 11.2. The maximum Gasteiger partial charge on any atom is 0.312 e. The molecule has 6 nitrogen and oxygen atoms in total. The average molecular weight is 319 g/mol. The van der Waals surface area contributed by atoms with E-state index in [-0.39, 0.29) is 5.69 Å². The normalized spacial score (nSPS) is 16.3. The highest BCUT2D eigenvalue weighted by Crippen LogP contribution is 2.37. The van der Waals surface area contributed by atoms with Gasteiger partial charge in [0.05, 0.1) is 22.1 Å². The Morgan fingerprint density at radius 2 is 2.18 bits per heavy atom. The fourth-order valence-electron chi connectivity index (χ4n) is 2.76. The summed E-state index contributed by atoms with van der Waals surface area (Å²) in [5.41, 5.74) is 2.25. The summed E-state index contributed by atoms with van der Waals surface area (Å²) in [5.74, 6) is -1.49. The fourth-order valence-corrected chi connectivity index (χ4v) is 2.93. The standard InChI is InChI=1S/C15H11ClN2O4/c16-10-2-4-13(18(21)22)12(6-10)9-5-8-1-3-11(15(19)20)14(8)17-7-9/h2,4-7,11H,1,3H2,(H,19,20). The van der Waals surface area contributed by atoms with Gasteiger partial charge in [-0.3, -0.25) is 19.9 Å². The Bertz CT molecular complexity index is 791. The number of carboxylic acids is 1. The molecule has 22 heavy (non-hydrogen) atoms. The molecule has 0 radical (unpaired) electrons. The summed E-state index contributed by atoms with van der Waals surface area (Å²) in [6.07, 6.45) is 2.57. The molecule has 1 aliphatic carbocycles. The number of aryl methyl sites for hydroxylation is 1. The first-order valence-corrected chi connectivity index (χ1v) is 7.01. The Labute approximate surface area is 130 Å². The molecule has 3 rings (SSSR count). The van der Waals surface area contributed by atoms with Gasteiger partial charge in [-0.2, -0.15) is 0 Å². The number of aliphatic carboxylic acids is 1. The van der Waals surface area contributed by atoms with Crippen molar-refractivity contribution in [3.05, 3.63) is 56.9 Å². The quantitative estimate of drug-likeness (QED) is 0.691. The summed E-state index contributed by atoms with van der Waals surface area (Å²) in [6.45, 7) is 0. The number of nitro benzene ring substituents is 1. The molecular formula is C15H11ClN2O4. The molecule has 1 atom stereocenters. The maximum absolute atomic E-state index is 11.2. The van der Waals surface area contributed by atoms with Crippen LogP contribution in [-0.4, -0.2) is 21.0 Å². The molecule has 0 saturated heterocycles. The van der Waals surface area contributed by atoms with E-state index in [0.717, 1.165) is 5.56 Å². The molecule has 0 amide bonds. The molecule has 1 unspecified atom stereocenters. The molecule has 0 aliphatic heterocycles. The number of nitrogens with zero attached hydrogens (tertiary/aromatic N) is 2. The van der Waals surface area contributed by atoms with Crippen molar-refractivity contribution in [1.29, 1.82) is 0 Å². The van der Waals surface area contributed by atoms with Gasteiger partial charge in [0.2, 0.25) is 0 Å². The summed E-state index contributed by atoms with van der Waals surface area (Å²) in [4.78, 5) is 26.1. The summed E-state index contributed by atoms with van der Waals surface area (Å²) < 4.78 is 0. The number of hydrogen-bond acceptors (Lipinski definition) is 4. The molecule has 1 aromatic heterocycles. The minimum absolute atomic E-state index is 0.0565. The Morgan fingerprint density at radius 1 is 1.41 bits per heavy atom. The van der Waals surface area contributed by atoms with Gasteiger partial charge in [-0.05, 0) is 36.6 Å². The highest BCUT2D eigenvalue weighted by molar-refractivity contribution is 6.31. The van der Waals surface area contributed by atoms with Gasteiger partial charge in [0.25, 0.3) is 5.69 Å². The van der Waals surface area contributed by atoms with E-state index < -0.39 is 16.8 Å². The van der Waals surface area contributed by atoms with E-state index in [4.69, 9.17) is 16.7 Å². The molecule has 0 spiro atoms. The van der Waals surface area contributed by atoms with Crippen molar-refractivity contribution >= 4 is 23.3 Å². The van der Waals surface area contributed by atoms with Gasteiger partial charge in [0.1, 0.15) is 0 Å². The van der Waals surface area contributed by atoms with E-state index in [9.17, 15) is 14.9 Å². The SMILES string of the molecule is O=C(O)C1CCc2cc(-c3cc(Cl)ccc3[N+](=O)[O-])cnc21. The minimum Gasteiger partial charge on any atom is -0.481 e. The first-order chi connectivity index (χ1) is 10.5. The van der Waals surface area contributed by atoms with Crippen molar-refractivity contribution in [2.75, 3.05) is 0 Å². The van der Waals surface area contributed by atoms with Crippen LogP contribution in [0.3, 0.4) is 0 Å². The summed E-state index contributed by atoms with van der Waals surface area (Å²) >= 11 is 5.93. The second-order valence-corrected chi connectivity index (χ2v) is 5.55. The van der Waals surface area contributed by atoms with Crippen LogP contribution in [0.1, 0.15) is 23.6 Å². The predicted octanol–water partition coefficient (Wildman–Crippen LogP) is 3.42. The van der Waals surface area contributed by atoms with E-state index in [2.05, 4.69) is 4.98 Å². The third-order valence-corrected chi connectivity index (χ3v) is 4.03. The van der Waals surface area contributed by atoms with Crippen LogP contribution >= 0.6 is 11.6 Å².